The first-order valence-electron chi connectivity index (χ1n) is 9.45. The molecule has 10 heteroatoms. The molecule has 0 saturated carbocycles. The number of ether oxygens (including phenoxy) is 1. The molecule has 0 saturated heterocycles. The number of amides is 1. The minimum Gasteiger partial charge on any atom is -0.497 e. The van der Waals surface area contributed by atoms with Crippen LogP contribution in [0.3, 0.4) is 0 Å². The van der Waals surface area contributed by atoms with Crippen LogP contribution in [0.25, 0.3) is 11.4 Å². The summed E-state index contributed by atoms with van der Waals surface area (Å²) in [5, 5.41) is 6.27. The molecule has 3 rings (SSSR count). The summed E-state index contributed by atoms with van der Waals surface area (Å²) >= 11 is 0. The number of nitrogens with one attached hydrogen (secondary N) is 1. The van der Waals surface area contributed by atoms with Crippen LogP contribution in [0.4, 0.5) is 18.9 Å². The SMILES string of the molecule is CCN(CC(=O)Nc1ccccc1C(F)(F)F)Cc1nc(-c2ccc(OC)cc2)no1. The van der Waals surface area contributed by atoms with E-state index in [2.05, 4.69) is 15.5 Å². The molecule has 1 heterocycles. The van der Waals surface area contributed by atoms with Gasteiger partial charge in [-0.2, -0.15) is 18.2 Å². The van der Waals surface area contributed by atoms with Crippen LogP contribution in [0.1, 0.15) is 18.4 Å². The highest BCUT2D eigenvalue weighted by Gasteiger charge is 2.33. The molecule has 0 aliphatic carbocycles. The molecule has 2 aromatic carbocycles. The quantitative estimate of drug-likeness (QED) is 0.572. The number of anilines is 1. The molecule has 0 atom stereocenters. The lowest BCUT2D eigenvalue weighted by atomic mass is 10.1. The molecule has 0 radical (unpaired) electrons. The number of carbonyl (C=O) groups excluding carboxylic acids is 1. The molecule has 1 N–H and O–H groups in total. The maximum absolute atomic E-state index is 13.1. The molecule has 0 unspecified atom stereocenters. The summed E-state index contributed by atoms with van der Waals surface area (Å²) in [5.41, 5.74) is -0.441. The van der Waals surface area contributed by atoms with Crippen molar-refractivity contribution in [1.29, 1.82) is 0 Å². The van der Waals surface area contributed by atoms with E-state index in [-0.39, 0.29) is 24.7 Å². The number of carbonyl (C=O) groups is 1. The molecule has 0 aliphatic rings. The molecule has 1 aromatic heterocycles. The first-order valence-corrected chi connectivity index (χ1v) is 9.45. The number of hydrogen-bond donors (Lipinski definition) is 1. The summed E-state index contributed by atoms with van der Waals surface area (Å²) in [6, 6.07) is 12.0. The highest BCUT2D eigenvalue weighted by molar-refractivity contribution is 5.93. The van der Waals surface area contributed by atoms with Gasteiger partial charge in [0.25, 0.3) is 0 Å². The summed E-state index contributed by atoms with van der Waals surface area (Å²) in [4.78, 5) is 18.3. The van der Waals surface area contributed by atoms with Gasteiger partial charge < -0.3 is 14.6 Å². The number of hydrogen-bond acceptors (Lipinski definition) is 6. The van der Waals surface area contributed by atoms with Gasteiger partial charge in [-0.25, -0.2) is 0 Å². The second-order valence-corrected chi connectivity index (χ2v) is 6.64. The van der Waals surface area contributed by atoms with E-state index in [1.54, 1.807) is 36.3 Å². The Balaban J connectivity index is 1.63. The van der Waals surface area contributed by atoms with Gasteiger partial charge in [0.1, 0.15) is 5.75 Å². The number of nitrogens with zero attached hydrogens (tertiary/aromatic N) is 3. The predicted molar refractivity (Wildman–Crippen MR) is 107 cm³/mol. The van der Waals surface area contributed by atoms with Crippen LogP contribution in [0.15, 0.2) is 53.1 Å². The van der Waals surface area contributed by atoms with Crippen molar-refractivity contribution < 1.29 is 27.2 Å². The second kappa shape index (κ2) is 9.61. The molecule has 0 spiro atoms. The predicted octanol–water partition coefficient (Wildman–Crippen LogP) is 4.22. The van der Waals surface area contributed by atoms with Crippen molar-refractivity contribution in [2.45, 2.75) is 19.6 Å². The Morgan fingerprint density at radius 1 is 1.16 bits per heavy atom. The van der Waals surface area contributed by atoms with Gasteiger partial charge in [-0.05, 0) is 42.9 Å². The third-order valence-electron chi connectivity index (χ3n) is 4.50. The van der Waals surface area contributed by atoms with Crippen molar-refractivity contribution in [3.05, 3.63) is 60.0 Å². The lowest BCUT2D eigenvalue weighted by Crippen LogP contribution is -2.33. The highest BCUT2D eigenvalue weighted by atomic mass is 19.4. The maximum Gasteiger partial charge on any atom is 0.418 e. The number of aromatic nitrogens is 2. The molecule has 7 nitrogen and oxygen atoms in total. The number of methoxy groups -OCH3 is 1. The summed E-state index contributed by atoms with van der Waals surface area (Å²) in [6.07, 6.45) is -4.56. The molecule has 31 heavy (non-hydrogen) atoms. The van der Waals surface area contributed by atoms with Gasteiger partial charge in [0.15, 0.2) is 0 Å². The highest BCUT2D eigenvalue weighted by Crippen LogP contribution is 2.34. The Hall–Kier alpha value is -3.40. The van der Waals surface area contributed by atoms with E-state index in [1.165, 1.54) is 18.2 Å². The van der Waals surface area contributed by atoms with E-state index < -0.39 is 17.6 Å². The van der Waals surface area contributed by atoms with Crippen molar-refractivity contribution in [3.8, 4) is 17.1 Å². The smallest absolute Gasteiger partial charge is 0.418 e. The summed E-state index contributed by atoms with van der Waals surface area (Å²) in [6.45, 7) is 2.31. The third kappa shape index (κ3) is 5.82. The largest absolute Gasteiger partial charge is 0.497 e. The Morgan fingerprint density at radius 2 is 1.87 bits per heavy atom. The van der Waals surface area contributed by atoms with Crippen LogP contribution in [0, 0.1) is 0 Å². The fourth-order valence-electron chi connectivity index (χ4n) is 2.88. The van der Waals surface area contributed by atoms with Gasteiger partial charge in [0.05, 0.1) is 31.5 Å². The number of likely N-dealkylation sites (N-methyl/N-ethyl adjacent to an activating group) is 1. The monoisotopic (exact) mass is 434 g/mol. The zero-order valence-corrected chi connectivity index (χ0v) is 16.9. The van der Waals surface area contributed by atoms with Gasteiger partial charge in [0.2, 0.25) is 17.6 Å². The number of halogens is 3. The van der Waals surface area contributed by atoms with Crippen molar-refractivity contribution >= 4 is 11.6 Å². The first kappa shape index (κ1) is 22.3. The molecule has 3 aromatic rings. The first-order chi connectivity index (χ1) is 14.8. The molecular weight excluding hydrogens is 413 g/mol. The van der Waals surface area contributed by atoms with Crippen LogP contribution in [0.2, 0.25) is 0 Å². The van der Waals surface area contributed by atoms with Gasteiger partial charge >= 0.3 is 6.18 Å². The fourth-order valence-corrected chi connectivity index (χ4v) is 2.88. The van der Waals surface area contributed by atoms with E-state index in [9.17, 15) is 18.0 Å². The topological polar surface area (TPSA) is 80.5 Å². The minimum absolute atomic E-state index is 0.136. The van der Waals surface area contributed by atoms with Crippen molar-refractivity contribution in [3.63, 3.8) is 0 Å². The van der Waals surface area contributed by atoms with Crippen molar-refractivity contribution in [2.24, 2.45) is 0 Å². The molecule has 164 valence electrons. The van der Waals surface area contributed by atoms with E-state index in [0.29, 0.717) is 18.1 Å². The third-order valence-corrected chi connectivity index (χ3v) is 4.50. The Labute approximate surface area is 176 Å². The Kier molecular flexibility index (Phi) is 6.91. The lowest BCUT2D eigenvalue weighted by Gasteiger charge is -2.19. The van der Waals surface area contributed by atoms with Gasteiger partial charge in [0, 0.05) is 5.56 Å². The van der Waals surface area contributed by atoms with Crippen LogP contribution in [-0.2, 0) is 17.5 Å². The summed E-state index contributed by atoms with van der Waals surface area (Å²) in [5.74, 6) is 0.796. The number of alkyl halides is 3. The Bertz CT molecular complexity index is 1020. The van der Waals surface area contributed by atoms with Crippen LogP contribution >= 0.6 is 0 Å². The number of benzene rings is 2. The molecule has 0 aliphatic heterocycles. The average Bonchev–Trinajstić information content (AvgIpc) is 3.21. The zero-order chi connectivity index (χ0) is 22.4. The second-order valence-electron chi connectivity index (χ2n) is 6.64. The average molecular weight is 434 g/mol. The van der Waals surface area contributed by atoms with Crippen LogP contribution in [-0.4, -0.2) is 41.1 Å². The van der Waals surface area contributed by atoms with E-state index in [4.69, 9.17) is 9.26 Å². The molecule has 0 fully saturated rings. The van der Waals surface area contributed by atoms with Gasteiger partial charge in [-0.1, -0.05) is 24.2 Å². The fraction of sp³-hybridized carbons (Fsp3) is 0.286. The summed E-state index contributed by atoms with van der Waals surface area (Å²) < 4.78 is 49.7. The lowest BCUT2D eigenvalue weighted by molar-refractivity contribution is -0.137. The van der Waals surface area contributed by atoms with E-state index in [0.717, 1.165) is 11.6 Å². The van der Waals surface area contributed by atoms with Gasteiger partial charge in [-0.3, -0.25) is 9.69 Å². The zero-order valence-electron chi connectivity index (χ0n) is 16.9. The molecular formula is C21H21F3N4O3. The minimum atomic E-state index is -4.56. The van der Waals surface area contributed by atoms with Crippen molar-refractivity contribution in [2.75, 3.05) is 25.5 Å². The summed E-state index contributed by atoms with van der Waals surface area (Å²) in [7, 11) is 1.57. The number of para-hydroxylation sites is 1. The molecule has 1 amide bonds. The van der Waals surface area contributed by atoms with Crippen LogP contribution in [0.5, 0.6) is 5.75 Å². The van der Waals surface area contributed by atoms with E-state index >= 15 is 0 Å². The number of rotatable bonds is 8. The van der Waals surface area contributed by atoms with Crippen LogP contribution < -0.4 is 10.1 Å². The van der Waals surface area contributed by atoms with E-state index in [1.807, 2.05) is 6.92 Å². The van der Waals surface area contributed by atoms with Crippen molar-refractivity contribution in [1.82, 2.24) is 15.0 Å². The normalized spacial score (nSPS) is 11.5. The standard InChI is InChI=1S/C21H21F3N4O3/c1-3-28(12-18(29)25-17-7-5-4-6-16(17)21(22,23)24)13-19-26-20(27-31-19)14-8-10-15(30-2)11-9-14/h4-11H,3,12-13H2,1-2H3,(H,25,29). The Morgan fingerprint density at radius 3 is 2.52 bits per heavy atom. The molecule has 0 bridgehead atoms. The maximum atomic E-state index is 13.1. The van der Waals surface area contributed by atoms with Gasteiger partial charge in [-0.15, -0.1) is 0 Å².